The van der Waals surface area contributed by atoms with Crippen LogP contribution in [0.4, 0.5) is 5.69 Å². The first kappa shape index (κ1) is 18.2. The van der Waals surface area contributed by atoms with Crippen LogP contribution in [0.2, 0.25) is 0 Å². The van der Waals surface area contributed by atoms with Crippen LogP contribution in [0.5, 0.6) is 0 Å². The minimum absolute atomic E-state index is 0.151. The molecule has 2 aromatic carbocycles. The highest BCUT2D eigenvalue weighted by atomic mass is 32.2. The SMILES string of the molecule is O=C(NCc1ccccc1NS(=O)(=O)c1ccccc1)c1cc(C2CC2)on1. The fourth-order valence-corrected chi connectivity index (χ4v) is 3.92. The van der Waals surface area contributed by atoms with Gasteiger partial charge in [0, 0.05) is 18.5 Å². The van der Waals surface area contributed by atoms with Crippen LogP contribution in [-0.4, -0.2) is 19.5 Å². The zero-order valence-electron chi connectivity index (χ0n) is 15.0. The van der Waals surface area contributed by atoms with E-state index in [9.17, 15) is 13.2 Å². The van der Waals surface area contributed by atoms with Gasteiger partial charge in [-0.1, -0.05) is 41.6 Å². The van der Waals surface area contributed by atoms with E-state index in [2.05, 4.69) is 15.2 Å². The molecule has 1 saturated carbocycles. The molecule has 0 aliphatic heterocycles. The Balaban J connectivity index is 1.46. The average molecular weight is 397 g/mol. The first-order chi connectivity index (χ1) is 13.5. The van der Waals surface area contributed by atoms with E-state index in [1.54, 1.807) is 48.5 Å². The highest BCUT2D eigenvalue weighted by Crippen LogP contribution is 2.40. The number of aromatic nitrogens is 1. The summed E-state index contributed by atoms with van der Waals surface area (Å²) in [7, 11) is -3.72. The summed E-state index contributed by atoms with van der Waals surface area (Å²) in [6, 6.07) is 16.7. The Kier molecular flexibility index (Phi) is 4.87. The van der Waals surface area contributed by atoms with E-state index in [4.69, 9.17) is 4.52 Å². The van der Waals surface area contributed by atoms with Crippen LogP contribution in [0.3, 0.4) is 0 Å². The van der Waals surface area contributed by atoms with Gasteiger partial charge in [0.15, 0.2) is 5.69 Å². The Hall–Kier alpha value is -3.13. The monoisotopic (exact) mass is 397 g/mol. The zero-order chi connectivity index (χ0) is 19.6. The third-order valence-electron chi connectivity index (χ3n) is 4.50. The fraction of sp³-hybridized carbons (Fsp3) is 0.200. The lowest BCUT2D eigenvalue weighted by Gasteiger charge is -2.13. The first-order valence-electron chi connectivity index (χ1n) is 8.93. The largest absolute Gasteiger partial charge is 0.360 e. The molecule has 0 atom stereocenters. The third kappa shape index (κ3) is 4.07. The van der Waals surface area contributed by atoms with Crippen molar-refractivity contribution in [3.8, 4) is 0 Å². The normalized spacial score (nSPS) is 13.9. The van der Waals surface area contributed by atoms with E-state index >= 15 is 0 Å². The molecule has 0 radical (unpaired) electrons. The predicted octanol–water partition coefficient (Wildman–Crippen LogP) is 3.28. The van der Waals surface area contributed by atoms with Crippen molar-refractivity contribution in [2.45, 2.75) is 30.2 Å². The third-order valence-corrected chi connectivity index (χ3v) is 5.88. The zero-order valence-corrected chi connectivity index (χ0v) is 15.8. The minimum atomic E-state index is -3.72. The van der Waals surface area contributed by atoms with Gasteiger partial charge in [-0.05, 0) is 36.6 Å². The van der Waals surface area contributed by atoms with E-state index < -0.39 is 10.0 Å². The van der Waals surface area contributed by atoms with Crippen LogP contribution in [0.25, 0.3) is 0 Å². The molecule has 2 N–H and O–H groups in total. The summed E-state index contributed by atoms with van der Waals surface area (Å²) < 4.78 is 32.9. The average Bonchev–Trinajstić information content (AvgIpc) is 3.44. The van der Waals surface area contributed by atoms with Gasteiger partial charge in [0.1, 0.15) is 5.76 Å². The summed E-state index contributed by atoms with van der Waals surface area (Å²) in [5.41, 5.74) is 1.27. The second kappa shape index (κ2) is 7.47. The van der Waals surface area contributed by atoms with Gasteiger partial charge in [-0.3, -0.25) is 9.52 Å². The summed E-state index contributed by atoms with van der Waals surface area (Å²) in [4.78, 5) is 12.5. The molecule has 1 heterocycles. The van der Waals surface area contributed by atoms with Crippen LogP contribution in [0.15, 0.2) is 70.1 Å². The van der Waals surface area contributed by atoms with Crippen molar-refractivity contribution in [3.05, 3.63) is 77.7 Å². The van der Waals surface area contributed by atoms with Crippen LogP contribution < -0.4 is 10.0 Å². The molecule has 1 aromatic heterocycles. The van der Waals surface area contributed by atoms with Gasteiger partial charge in [0.2, 0.25) is 0 Å². The number of para-hydroxylation sites is 1. The van der Waals surface area contributed by atoms with E-state index in [0.717, 1.165) is 18.6 Å². The number of benzene rings is 2. The van der Waals surface area contributed by atoms with Crippen molar-refractivity contribution < 1.29 is 17.7 Å². The Morgan fingerprint density at radius 3 is 2.54 bits per heavy atom. The van der Waals surface area contributed by atoms with Gasteiger partial charge in [-0.15, -0.1) is 0 Å². The summed E-state index contributed by atoms with van der Waals surface area (Å²) in [6.45, 7) is 0.151. The van der Waals surface area contributed by atoms with Gasteiger partial charge < -0.3 is 9.84 Å². The smallest absolute Gasteiger partial charge is 0.273 e. The Labute approximate surface area is 162 Å². The van der Waals surface area contributed by atoms with Crippen molar-refractivity contribution in [2.75, 3.05) is 4.72 Å². The number of rotatable bonds is 7. The Bertz CT molecular complexity index is 1090. The van der Waals surface area contributed by atoms with Gasteiger partial charge in [-0.2, -0.15) is 0 Å². The lowest BCUT2D eigenvalue weighted by Crippen LogP contribution is -2.24. The topological polar surface area (TPSA) is 101 Å². The summed E-state index contributed by atoms with van der Waals surface area (Å²) in [6.07, 6.45) is 2.12. The van der Waals surface area contributed by atoms with Crippen LogP contribution >= 0.6 is 0 Å². The summed E-state index contributed by atoms with van der Waals surface area (Å²) >= 11 is 0. The van der Waals surface area contributed by atoms with E-state index in [1.807, 2.05) is 0 Å². The van der Waals surface area contributed by atoms with Crippen molar-refractivity contribution in [1.29, 1.82) is 0 Å². The Morgan fingerprint density at radius 1 is 1.07 bits per heavy atom. The van der Waals surface area contributed by atoms with Crippen LogP contribution in [-0.2, 0) is 16.6 Å². The van der Waals surface area contributed by atoms with Gasteiger partial charge in [-0.25, -0.2) is 8.42 Å². The molecule has 1 aliphatic carbocycles. The summed E-state index contributed by atoms with van der Waals surface area (Å²) in [5, 5.41) is 6.57. The van der Waals surface area contributed by atoms with Crippen molar-refractivity contribution in [2.24, 2.45) is 0 Å². The second-order valence-electron chi connectivity index (χ2n) is 6.65. The van der Waals surface area contributed by atoms with Crippen LogP contribution in [0, 0.1) is 0 Å². The van der Waals surface area contributed by atoms with E-state index in [1.165, 1.54) is 12.1 Å². The molecule has 0 unspecified atom stereocenters. The number of anilines is 1. The summed E-state index contributed by atoms with van der Waals surface area (Å²) in [5.74, 6) is 0.750. The lowest BCUT2D eigenvalue weighted by atomic mass is 10.2. The van der Waals surface area contributed by atoms with Gasteiger partial charge in [0.25, 0.3) is 15.9 Å². The molecule has 4 rings (SSSR count). The number of carbonyl (C=O) groups excluding carboxylic acids is 1. The first-order valence-corrected chi connectivity index (χ1v) is 10.4. The number of hydrogen-bond acceptors (Lipinski definition) is 5. The molecule has 0 bridgehead atoms. The number of sulfonamides is 1. The van der Waals surface area contributed by atoms with Crippen LogP contribution in [0.1, 0.15) is 40.6 Å². The van der Waals surface area contributed by atoms with E-state index in [0.29, 0.717) is 17.2 Å². The molecule has 144 valence electrons. The maximum absolute atomic E-state index is 12.6. The van der Waals surface area contributed by atoms with Crippen molar-refractivity contribution >= 4 is 21.6 Å². The number of nitrogens with zero attached hydrogens (tertiary/aromatic N) is 1. The molecule has 1 amide bonds. The van der Waals surface area contributed by atoms with E-state index in [-0.39, 0.29) is 23.0 Å². The van der Waals surface area contributed by atoms with Gasteiger partial charge in [0.05, 0.1) is 10.6 Å². The fourth-order valence-electron chi connectivity index (χ4n) is 2.80. The highest BCUT2D eigenvalue weighted by molar-refractivity contribution is 7.92. The molecular formula is C20H19N3O4S. The number of carbonyl (C=O) groups is 1. The maximum Gasteiger partial charge on any atom is 0.273 e. The molecular weight excluding hydrogens is 378 g/mol. The molecule has 1 fully saturated rings. The highest BCUT2D eigenvalue weighted by Gasteiger charge is 2.28. The molecule has 3 aromatic rings. The lowest BCUT2D eigenvalue weighted by molar-refractivity contribution is 0.0942. The molecule has 0 spiro atoms. The standard InChI is InChI=1S/C20H19N3O4S/c24-20(18-12-19(27-22-18)14-10-11-14)21-13-15-6-4-5-9-17(15)23-28(25,26)16-7-2-1-3-8-16/h1-9,12,14,23H,10-11,13H2,(H,21,24). The number of nitrogens with one attached hydrogen (secondary N) is 2. The maximum atomic E-state index is 12.6. The quantitative estimate of drug-likeness (QED) is 0.637. The van der Waals surface area contributed by atoms with Gasteiger partial charge >= 0.3 is 0 Å². The molecule has 7 nitrogen and oxygen atoms in total. The molecule has 8 heteroatoms. The van der Waals surface area contributed by atoms with Crippen molar-refractivity contribution in [3.63, 3.8) is 0 Å². The van der Waals surface area contributed by atoms with Crippen molar-refractivity contribution in [1.82, 2.24) is 10.5 Å². The Morgan fingerprint density at radius 2 is 1.79 bits per heavy atom. The number of hydrogen-bond donors (Lipinski definition) is 2. The number of amides is 1. The minimum Gasteiger partial charge on any atom is -0.360 e. The molecule has 1 aliphatic rings. The second-order valence-corrected chi connectivity index (χ2v) is 8.33. The molecule has 28 heavy (non-hydrogen) atoms. The predicted molar refractivity (Wildman–Crippen MR) is 103 cm³/mol. The molecule has 0 saturated heterocycles.